The summed E-state index contributed by atoms with van der Waals surface area (Å²) in [4.78, 5) is -0.0138. The van der Waals surface area contributed by atoms with E-state index < -0.39 is 15.9 Å². The highest BCUT2D eigenvalue weighted by atomic mass is 35.5. The lowest BCUT2D eigenvalue weighted by Gasteiger charge is -2.08. The van der Waals surface area contributed by atoms with Crippen molar-refractivity contribution in [3.8, 4) is 6.07 Å². The molecule has 4 nitrogen and oxygen atoms in total. The minimum absolute atomic E-state index is 0.0138. The Morgan fingerprint density at radius 2 is 1.88 bits per heavy atom. The van der Waals surface area contributed by atoms with Crippen LogP contribution in [0.5, 0.6) is 0 Å². The molecule has 0 radical (unpaired) electrons. The van der Waals surface area contributed by atoms with E-state index in [2.05, 4.69) is 4.72 Å². The van der Waals surface area contributed by atoms with Crippen LogP contribution < -0.4 is 4.72 Å². The molecular formula is C10H10Cl2N2O2S. The lowest BCUT2D eigenvalue weighted by molar-refractivity contribution is 0.573. The SMILES string of the molecule is CC(C#N)CNS(=O)(=O)c1cc(Cl)cc(Cl)c1. The molecule has 1 atom stereocenters. The zero-order valence-corrected chi connectivity index (χ0v) is 11.3. The van der Waals surface area contributed by atoms with Crippen LogP contribution in [0.1, 0.15) is 6.92 Å². The van der Waals surface area contributed by atoms with Gasteiger partial charge in [0.05, 0.1) is 16.9 Å². The minimum atomic E-state index is -3.68. The topological polar surface area (TPSA) is 70.0 Å². The Bertz CT molecular complexity index is 532. The molecule has 1 aromatic carbocycles. The van der Waals surface area contributed by atoms with Gasteiger partial charge in [-0.3, -0.25) is 0 Å². The Labute approximate surface area is 110 Å². The van der Waals surface area contributed by atoms with Crippen molar-refractivity contribution in [1.29, 1.82) is 5.26 Å². The van der Waals surface area contributed by atoms with Gasteiger partial charge >= 0.3 is 0 Å². The van der Waals surface area contributed by atoms with Crippen molar-refractivity contribution < 1.29 is 8.42 Å². The van der Waals surface area contributed by atoms with Gasteiger partial charge in [-0.1, -0.05) is 23.2 Å². The standard InChI is InChI=1S/C10H10Cl2N2O2S/c1-7(5-13)6-14-17(15,16)10-3-8(11)2-9(12)4-10/h2-4,7,14H,6H2,1H3. The molecule has 0 bridgehead atoms. The number of nitriles is 1. The number of benzene rings is 1. The highest BCUT2D eigenvalue weighted by Gasteiger charge is 2.16. The number of hydrogen-bond acceptors (Lipinski definition) is 3. The summed E-state index contributed by atoms with van der Waals surface area (Å²) in [7, 11) is -3.68. The third-order valence-electron chi connectivity index (χ3n) is 1.95. The Balaban J connectivity index is 2.94. The van der Waals surface area contributed by atoms with Gasteiger partial charge in [-0.2, -0.15) is 5.26 Å². The zero-order valence-electron chi connectivity index (χ0n) is 8.94. The molecule has 0 aliphatic carbocycles. The molecule has 17 heavy (non-hydrogen) atoms. The van der Waals surface area contributed by atoms with Crippen molar-refractivity contribution in [3.05, 3.63) is 28.2 Å². The summed E-state index contributed by atoms with van der Waals surface area (Å²) in [6.45, 7) is 1.66. The molecular weight excluding hydrogens is 283 g/mol. The van der Waals surface area contributed by atoms with E-state index in [4.69, 9.17) is 28.5 Å². The Morgan fingerprint density at radius 1 is 1.35 bits per heavy atom. The van der Waals surface area contributed by atoms with Crippen LogP contribution in [0.4, 0.5) is 0 Å². The van der Waals surface area contributed by atoms with Crippen LogP contribution in [0.15, 0.2) is 23.1 Å². The molecule has 1 unspecified atom stereocenters. The van der Waals surface area contributed by atoms with E-state index in [1.54, 1.807) is 6.92 Å². The molecule has 1 rings (SSSR count). The smallest absolute Gasteiger partial charge is 0.210 e. The van der Waals surface area contributed by atoms with Gasteiger partial charge in [0.2, 0.25) is 10.0 Å². The van der Waals surface area contributed by atoms with Crippen LogP contribution in [-0.4, -0.2) is 15.0 Å². The maximum absolute atomic E-state index is 11.8. The van der Waals surface area contributed by atoms with Gasteiger partial charge in [-0.05, 0) is 25.1 Å². The maximum atomic E-state index is 11.8. The predicted octanol–water partition coefficient (Wildman–Crippen LogP) is 2.43. The fraction of sp³-hybridized carbons (Fsp3) is 0.300. The summed E-state index contributed by atoms with van der Waals surface area (Å²) in [5.74, 6) is -0.403. The van der Waals surface area contributed by atoms with E-state index >= 15 is 0 Å². The largest absolute Gasteiger partial charge is 0.240 e. The second kappa shape index (κ2) is 5.69. The molecule has 1 aromatic rings. The molecule has 0 saturated carbocycles. The highest BCUT2D eigenvalue weighted by molar-refractivity contribution is 7.89. The molecule has 0 spiro atoms. The van der Waals surface area contributed by atoms with Gasteiger partial charge in [0.25, 0.3) is 0 Å². The first-order chi connectivity index (χ1) is 7.85. The number of rotatable bonds is 4. The second-order valence-electron chi connectivity index (χ2n) is 3.49. The van der Waals surface area contributed by atoms with Crippen LogP contribution in [-0.2, 0) is 10.0 Å². The molecule has 0 fully saturated rings. The van der Waals surface area contributed by atoms with Crippen molar-refractivity contribution in [2.24, 2.45) is 5.92 Å². The van der Waals surface area contributed by atoms with Crippen molar-refractivity contribution in [2.45, 2.75) is 11.8 Å². The summed E-state index contributed by atoms with van der Waals surface area (Å²) in [5, 5.41) is 9.05. The van der Waals surface area contributed by atoms with Crippen molar-refractivity contribution in [1.82, 2.24) is 4.72 Å². The highest BCUT2D eigenvalue weighted by Crippen LogP contribution is 2.22. The van der Waals surface area contributed by atoms with E-state index in [1.807, 2.05) is 6.07 Å². The molecule has 0 heterocycles. The van der Waals surface area contributed by atoms with Crippen LogP contribution in [0.2, 0.25) is 10.0 Å². The molecule has 0 saturated heterocycles. The lowest BCUT2D eigenvalue weighted by Crippen LogP contribution is -2.28. The summed E-state index contributed by atoms with van der Waals surface area (Å²) in [5.41, 5.74) is 0. The third-order valence-corrected chi connectivity index (χ3v) is 3.79. The number of halogens is 2. The van der Waals surface area contributed by atoms with Gasteiger partial charge in [0, 0.05) is 16.6 Å². The number of nitrogens with zero attached hydrogens (tertiary/aromatic N) is 1. The Kier molecular flexibility index (Phi) is 4.78. The van der Waals surface area contributed by atoms with E-state index in [0.717, 1.165) is 0 Å². The van der Waals surface area contributed by atoms with Crippen LogP contribution in [0, 0.1) is 17.2 Å². The minimum Gasteiger partial charge on any atom is -0.210 e. The number of hydrogen-bond donors (Lipinski definition) is 1. The summed E-state index contributed by atoms with van der Waals surface area (Å²) in [6, 6.07) is 5.97. The third kappa shape index (κ3) is 4.17. The van der Waals surface area contributed by atoms with Gasteiger partial charge in [-0.25, -0.2) is 13.1 Å². The first-order valence-corrected chi connectivity index (χ1v) is 6.94. The number of sulfonamides is 1. The molecule has 0 aliphatic heterocycles. The number of nitrogens with one attached hydrogen (secondary N) is 1. The van der Waals surface area contributed by atoms with Gasteiger partial charge in [-0.15, -0.1) is 0 Å². The molecule has 92 valence electrons. The van der Waals surface area contributed by atoms with E-state index in [0.29, 0.717) is 0 Å². The zero-order chi connectivity index (χ0) is 13.1. The van der Waals surface area contributed by atoms with Crippen molar-refractivity contribution >= 4 is 33.2 Å². The summed E-state index contributed by atoms with van der Waals surface area (Å²) in [6.07, 6.45) is 0. The fourth-order valence-corrected chi connectivity index (χ4v) is 2.90. The monoisotopic (exact) mass is 292 g/mol. The molecule has 0 aromatic heterocycles. The summed E-state index contributed by atoms with van der Waals surface area (Å²) >= 11 is 11.4. The van der Waals surface area contributed by atoms with E-state index in [9.17, 15) is 8.42 Å². The maximum Gasteiger partial charge on any atom is 0.240 e. The van der Waals surface area contributed by atoms with Crippen LogP contribution in [0.25, 0.3) is 0 Å². The van der Waals surface area contributed by atoms with Gasteiger partial charge in [0.1, 0.15) is 0 Å². The van der Waals surface area contributed by atoms with E-state index in [-0.39, 0.29) is 21.5 Å². The average Bonchev–Trinajstić information content (AvgIpc) is 2.24. The van der Waals surface area contributed by atoms with Gasteiger partial charge in [0.15, 0.2) is 0 Å². The van der Waals surface area contributed by atoms with Crippen LogP contribution >= 0.6 is 23.2 Å². The molecule has 0 amide bonds. The first-order valence-electron chi connectivity index (χ1n) is 4.70. The predicted molar refractivity (Wildman–Crippen MR) is 66.4 cm³/mol. The molecule has 1 N–H and O–H groups in total. The summed E-state index contributed by atoms with van der Waals surface area (Å²) < 4.78 is 26.0. The Morgan fingerprint density at radius 3 is 2.35 bits per heavy atom. The average molecular weight is 293 g/mol. The van der Waals surface area contributed by atoms with E-state index in [1.165, 1.54) is 18.2 Å². The lowest BCUT2D eigenvalue weighted by atomic mass is 10.2. The molecule has 7 heteroatoms. The van der Waals surface area contributed by atoms with Crippen molar-refractivity contribution in [2.75, 3.05) is 6.54 Å². The second-order valence-corrected chi connectivity index (χ2v) is 6.13. The first kappa shape index (κ1) is 14.3. The Hall–Kier alpha value is -0.800. The van der Waals surface area contributed by atoms with Gasteiger partial charge < -0.3 is 0 Å². The normalized spacial score (nSPS) is 13.1. The van der Waals surface area contributed by atoms with Crippen molar-refractivity contribution in [3.63, 3.8) is 0 Å². The fourth-order valence-electron chi connectivity index (χ4n) is 1.05. The quantitative estimate of drug-likeness (QED) is 0.926. The van der Waals surface area contributed by atoms with Crippen LogP contribution in [0.3, 0.4) is 0 Å². The molecule has 0 aliphatic rings.